The second-order valence-electron chi connectivity index (χ2n) is 3.51. The molecule has 1 heterocycles. The lowest BCUT2D eigenvalue weighted by Crippen LogP contribution is -2.03. The third-order valence-electron chi connectivity index (χ3n) is 2.25. The molecular weight excluding hydrogens is 224 g/mol. The van der Waals surface area contributed by atoms with Crippen molar-refractivity contribution in [2.75, 3.05) is 18.5 Å². The number of anilines is 1. The number of hydrogen-bond acceptors (Lipinski definition) is 5. The Morgan fingerprint density at radius 1 is 1.47 bits per heavy atom. The SMILES string of the molecule is O=C(O)c1ccc2nc(NCCCO)oc2c1. The van der Waals surface area contributed by atoms with Gasteiger partial charge in [-0.05, 0) is 24.6 Å². The number of carboxylic acids is 1. The van der Waals surface area contributed by atoms with E-state index in [2.05, 4.69) is 10.3 Å². The van der Waals surface area contributed by atoms with Crippen LogP contribution in [0.2, 0.25) is 0 Å². The Bertz CT molecular complexity index is 535. The highest BCUT2D eigenvalue weighted by molar-refractivity contribution is 5.92. The maximum atomic E-state index is 10.8. The predicted octanol–water partition coefficient (Wildman–Crippen LogP) is 1.32. The summed E-state index contributed by atoms with van der Waals surface area (Å²) in [6.45, 7) is 0.644. The van der Waals surface area contributed by atoms with Gasteiger partial charge in [-0.3, -0.25) is 0 Å². The van der Waals surface area contributed by atoms with E-state index in [9.17, 15) is 4.79 Å². The number of rotatable bonds is 5. The van der Waals surface area contributed by atoms with Crippen LogP contribution < -0.4 is 5.32 Å². The molecule has 0 atom stereocenters. The molecule has 90 valence electrons. The highest BCUT2D eigenvalue weighted by atomic mass is 16.4. The van der Waals surface area contributed by atoms with Gasteiger partial charge < -0.3 is 19.9 Å². The lowest BCUT2D eigenvalue weighted by atomic mass is 10.2. The third-order valence-corrected chi connectivity index (χ3v) is 2.25. The number of nitrogens with one attached hydrogen (secondary N) is 1. The van der Waals surface area contributed by atoms with Crippen LogP contribution in [0, 0.1) is 0 Å². The number of benzene rings is 1. The Morgan fingerprint density at radius 2 is 2.29 bits per heavy atom. The summed E-state index contributed by atoms with van der Waals surface area (Å²) in [5, 5.41) is 20.3. The molecule has 0 spiro atoms. The van der Waals surface area contributed by atoms with E-state index in [-0.39, 0.29) is 12.2 Å². The Labute approximate surface area is 96.9 Å². The molecule has 0 aliphatic carbocycles. The highest BCUT2D eigenvalue weighted by Crippen LogP contribution is 2.20. The molecule has 0 unspecified atom stereocenters. The predicted molar refractivity (Wildman–Crippen MR) is 61.2 cm³/mol. The number of nitrogens with zero attached hydrogens (tertiary/aromatic N) is 1. The van der Waals surface area contributed by atoms with Gasteiger partial charge in [0.1, 0.15) is 5.52 Å². The molecule has 0 saturated carbocycles. The standard InChI is InChI=1S/C11H12N2O4/c14-5-1-4-12-11-13-8-3-2-7(10(15)16)6-9(8)17-11/h2-3,6,14H,1,4-5H2,(H,12,13)(H,15,16). The van der Waals surface area contributed by atoms with Gasteiger partial charge in [-0.2, -0.15) is 4.98 Å². The molecule has 3 N–H and O–H groups in total. The third kappa shape index (κ3) is 2.54. The Kier molecular flexibility index (Phi) is 3.24. The molecule has 1 aromatic heterocycles. The zero-order valence-corrected chi connectivity index (χ0v) is 9.01. The van der Waals surface area contributed by atoms with Crippen LogP contribution in [-0.4, -0.2) is 34.3 Å². The summed E-state index contributed by atoms with van der Waals surface area (Å²) < 4.78 is 5.34. The zero-order chi connectivity index (χ0) is 12.3. The van der Waals surface area contributed by atoms with Gasteiger partial charge in [0, 0.05) is 13.2 Å². The van der Waals surface area contributed by atoms with Gasteiger partial charge in [-0.25, -0.2) is 4.79 Å². The Balaban J connectivity index is 2.21. The van der Waals surface area contributed by atoms with Crippen LogP contribution in [0.1, 0.15) is 16.8 Å². The first-order chi connectivity index (χ1) is 8.20. The van der Waals surface area contributed by atoms with Crippen LogP contribution in [0.4, 0.5) is 6.01 Å². The lowest BCUT2D eigenvalue weighted by Gasteiger charge is -1.97. The minimum Gasteiger partial charge on any atom is -0.478 e. The van der Waals surface area contributed by atoms with E-state index < -0.39 is 5.97 Å². The van der Waals surface area contributed by atoms with Crippen LogP contribution in [0.5, 0.6) is 0 Å². The average molecular weight is 236 g/mol. The summed E-state index contributed by atoms with van der Waals surface area (Å²) in [4.78, 5) is 14.9. The number of aromatic carboxylic acids is 1. The summed E-state index contributed by atoms with van der Waals surface area (Å²) in [7, 11) is 0. The van der Waals surface area contributed by atoms with E-state index in [0.29, 0.717) is 30.1 Å². The fraction of sp³-hybridized carbons (Fsp3) is 0.273. The minimum atomic E-state index is -1.00. The van der Waals surface area contributed by atoms with Crippen molar-refractivity contribution in [2.24, 2.45) is 0 Å². The Morgan fingerprint density at radius 3 is 3.00 bits per heavy atom. The molecule has 2 aromatic rings. The fourth-order valence-electron chi connectivity index (χ4n) is 1.41. The molecule has 1 aromatic carbocycles. The number of aromatic nitrogens is 1. The number of carbonyl (C=O) groups is 1. The lowest BCUT2D eigenvalue weighted by molar-refractivity contribution is 0.0697. The van der Waals surface area contributed by atoms with Crippen LogP contribution in [-0.2, 0) is 0 Å². The Hall–Kier alpha value is -2.08. The van der Waals surface area contributed by atoms with E-state index in [0.717, 1.165) is 0 Å². The first kappa shape index (κ1) is 11.4. The van der Waals surface area contributed by atoms with E-state index in [1.54, 1.807) is 6.07 Å². The number of aliphatic hydroxyl groups is 1. The van der Waals surface area contributed by atoms with E-state index in [1.165, 1.54) is 12.1 Å². The number of oxazole rings is 1. The van der Waals surface area contributed by atoms with Crippen LogP contribution in [0.25, 0.3) is 11.1 Å². The smallest absolute Gasteiger partial charge is 0.335 e. The number of aliphatic hydroxyl groups excluding tert-OH is 1. The molecule has 0 aliphatic heterocycles. The summed E-state index contributed by atoms with van der Waals surface area (Å²) in [6.07, 6.45) is 0.596. The molecular formula is C11H12N2O4. The quantitative estimate of drug-likeness (QED) is 0.677. The van der Waals surface area contributed by atoms with E-state index in [4.69, 9.17) is 14.6 Å². The molecule has 6 nitrogen and oxygen atoms in total. The van der Waals surface area contributed by atoms with Crippen molar-refractivity contribution in [2.45, 2.75) is 6.42 Å². The van der Waals surface area contributed by atoms with Gasteiger partial charge in [0.05, 0.1) is 5.56 Å². The number of carboxylic acid groups (broad SMARTS) is 1. The van der Waals surface area contributed by atoms with Gasteiger partial charge in [0.2, 0.25) is 0 Å². The van der Waals surface area contributed by atoms with Crippen molar-refractivity contribution >= 4 is 23.1 Å². The molecule has 0 saturated heterocycles. The first-order valence-corrected chi connectivity index (χ1v) is 5.19. The molecule has 0 aliphatic rings. The summed E-state index contributed by atoms with van der Waals surface area (Å²) in [5.41, 5.74) is 1.19. The maximum absolute atomic E-state index is 10.8. The van der Waals surface area contributed by atoms with E-state index >= 15 is 0 Å². The van der Waals surface area contributed by atoms with Gasteiger partial charge >= 0.3 is 5.97 Å². The van der Waals surface area contributed by atoms with Gasteiger partial charge in [0.25, 0.3) is 6.01 Å². The van der Waals surface area contributed by atoms with Crippen molar-refractivity contribution in [3.8, 4) is 0 Å². The molecule has 0 amide bonds. The molecule has 0 fully saturated rings. The molecule has 17 heavy (non-hydrogen) atoms. The minimum absolute atomic E-state index is 0.0936. The summed E-state index contributed by atoms with van der Waals surface area (Å²) >= 11 is 0. The summed E-state index contributed by atoms with van der Waals surface area (Å²) in [6, 6.07) is 4.84. The second kappa shape index (κ2) is 4.84. The van der Waals surface area contributed by atoms with Crippen molar-refractivity contribution in [1.29, 1.82) is 0 Å². The first-order valence-electron chi connectivity index (χ1n) is 5.19. The largest absolute Gasteiger partial charge is 0.478 e. The number of hydrogen-bond donors (Lipinski definition) is 3. The van der Waals surface area contributed by atoms with Gasteiger partial charge in [-0.15, -0.1) is 0 Å². The normalized spacial score (nSPS) is 10.6. The van der Waals surface area contributed by atoms with Crippen molar-refractivity contribution in [3.05, 3.63) is 23.8 Å². The summed E-state index contributed by atoms with van der Waals surface area (Å²) in [5.74, 6) is -1.00. The van der Waals surface area contributed by atoms with Crippen LogP contribution in [0.15, 0.2) is 22.6 Å². The fourth-order valence-corrected chi connectivity index (χ4v) is 1.41. The molecule has 6 heteroatoms. The monoisotopic (exact) mass is 236 g/mol. The second-order valence-corrected chi connectivity index (χ2v) is 3.51. The molecule has 0 radical (unpaired) electrons. The molecule has 2 rings (SSSR count). The van der Waals surface area contributed by atoms with Crippen LogP contribution >= 0.6 is 0 Å². The van der Waals surface area contributed by atoms with Crippen LogP contribution in [0.3, 0.4) is 0 Å². The van der Waals surface area contributed by atoms with E-state index in [1.807, 2.05) is 0 Å². The topological polar surface area (TPSA) is 95.6 Å². The van der Waals surface area contributed by atoms with Gasteiger partial charge in [0.15, 0.2) is 5.58 Å². The van der Waals surface area contributed by atoms with Crippen molar-refractivity contribution in [1.82, 2.24) is 4.98 Å². The average Bonchev–Trinajstić information content (AvgIpc) is 2.70. The highest BCUT2D eigenvalue weighted by Gasteiger charge is 2.09. The van der Waals surface area contributed by atoms with Gasteiger partial charge in [-0.1, -0.05) is 0 Å². The van der Waals surface area contributed by atoms with Crippen molar-refractivity contribution in [3.63, 3.8) is 0 Å². The zero-order valence-electron chi connectivity index (χ0n) is 9.01. The number of fused-ring (bicyclic) bond motifs is 1. The van der Waals surface area contributed by atoms with Crippen molar-refractivity contribution < 1.29 is 19.4 Å². The molecule has 0 bridgehead atoms. The maximum Gasteiger partial charge on any atom is 0.335 e.